The minimum absolute atomic E-state index is 0.0432. The van der Waals surface area contributed by atoms with Crippen LogP contribution in [0.4, 0.5) is 0 Å². The fraction of sp³-hybridized carbons (Fsp3) is 0.0526. The van der Waals surface area contributed by atoms with Gasteiger partial charge in [0, 0.05) is 16.7 Å². The summed E-state index contributed by atoms with van der Waals surface area (Å²) in [4.78, 5) is 25.9. The molecule has 0 unspecified atom stereocenters. The Hall–Kier alpha value is -2.17. The summed E-state index contributed by atoms with van der Waals surface area (Å²) in [6.07, 6.45) is 1.92. The monoisotopic (exact) mass is 338 g/mol. The Morgan fingerprint density at radius 1 is 0.826 bits per heavy atom. The predicted molar refractivity (Wildman–Crippen MR) is 95.8 cm³/mol. The molecule has 4 heteroatoms. The molecule has 114 valence electrons. The van der Waals surface area contributed by atoms with E-state index >= 15 is 0 Å². The summed E-state index contributed by atoms with van der Waals surface area (Å²) in [5, 5.41) is 0. The minimum Gasteiger partial charge on any atom is -0.289 e. The van der Waals surface area contributed by atoms with E-state index < -0.39 is 0 Å². The maximum atomic E-state index is 12.7. The molecule has 0 saturated carbocycles. The molecule has 0 saturated heterocycles. The molecule has 2 aromatic carbocycles. The first kappa shape index (κ1) is 15.7. The zero-order chi connectivity index (χ0) is 16.2. The van der Waals surface area contributed by atoms with Crippen LogP contribution in [0.5, 0.6) is 0 Å². The van der Waals surface area contributed by atoms with E-state index in [1.165, 1.54) is 23.1 Å². The van der Waals surface area contributed by atoms with Gasteiger partial charge in [0.05, 0.1) is 9.09 Å². The fourth-order valence-electron chi connectivity index (χ4n) is 2.27. The summed E-state index contributed by atoms with van der Waals surface area (Å²) in [7, 11) is 0. The lowest BCUT2D eigenvalue weighted by atomic mass is 10.0. The fourth-order valence-corrected chi connectivity index (χ4v) is 4.10. The SMILES string of the molecule is CSc1sc(C(=O)c2ccccc2)cc1C(=O)c1ccccc1. The van der Waals surface area contributed by atoms with E-state index in [4.69, 9.17) is 0 Å². The van der Waals surface area contributed by atoms with Gasteiger partial charge in [0.2, 0.25) is 5.78 Å². The van der Waals surface area contributed by atoms with Gasteiger partial charge in [-0.3, -0.25) is 9.59 Å². The van der Waals surface area contributed by atoms with Crippen molar-refractivity contribution in [3.8, 4) is 0 Å². The van der Waals surface area contributed by atoms with Gasteiger partial charge in [0.1, 0.15) is 0 Å². The molecule has 2 nitrogen and oxygen atoms in total. The first-order valence-corrected chi connectivity index (χ1v) is 9.12. The van der Waals surface area contributed by atoms with Crippen LogP contribution in [0.3, 0.4) is 0 Å². The van der Waals surface area contributed by atoms with Gasteiger partial charge in [0.15, 0.2) is 5.78 Å². The molecule has 0 fully saturated rings. The highest BCUT2D eigenvalue weighted by Gasteiger charge is 2.20. The summed E-state index contributed by atoms with van der Waals surface area (Å²) < 4.78 is 0.873. The zero-order valence-electron chi connectivity index (χ0n) is 12.5. The second kappa shape index (κ2) is 6.94. The van der Waals surface area contributed by atoms with Crippen LogP contribution in [0.1, 0.15) is 31.2 Å². The summed E-state index contributed by atoms with van der Waals surface area (Å²) in [5.41, 5.74) is 1.88. The second-order valence-corrected chi connectivity index (χ2v) is 7.03. The number of hydrogen-bond donors (Lipinski definition) is 0. The molecular weight excluding hydrogens is 324 g/mol. The van der Waals surface area contributed by atoms with E-state index in [0.29, 0.717) is 21.6 Å². The van der Waals surface area contributed by atoms with Crippen molar-refractivity contribution < 1.29 is 9.59 Å². The van der Waals surface area contributed by atoms with Crippen LogP contribution in [0.15, 0.2) is 70.9 Å². The molecule has 0 aliphatic heterocycles. The van der Waals surface area contributed by atoms with Crippen LogP contribution in [0.2, 0.25) is 0 Å². The van der Waals surface area contributed by atoms with Gasteiger partial charge in [0.25, 0.3) is 0 Å². The van der Waals surface area contributed by atoms with Crippen molar-refractivity contribution in [2.45, 2.75) is 4.21 Å². The van der Waals surface area contributed by atoms with E-state index in [1.807, 2.05) is 42.7 Å². The Kier molecular flexibility index (Phi) is 4.74. The maximum Gasteiger partial charge on any atom is 0.203 e. The highest BCUT2D eigenvalue weighted by atomic mass is 32.2. The Morgan fingerprint density at radius 2 is 1.35 bits per heavy atom. The molecule has 0 aliphatic carbocycles. The lowest BCUT2D eigenvalue weighted by Gasteiger charge is -2.00. The molecule has 0 aliphatic rings. The molecule has 1 heterocycles. The van der Waals surface area contributed by atoms with E-state index in [1.54, 1.807) is 30.3 Å². The molecule has 23 heavy (non-hydrogen) atoms. The van der Waals surface area contributed by atoms with E-state index in [0.717, 1.165) is 4.21 Å². The van der Waals surface area contributed by atoms with Crippen LogP contribution in [0, 0.1) is 0 Å². The lowest BCUT2D eigenvalue weighted by molar-refractivity contribution is 0.103. The molecule has 0 radical (unpaired) electrons. The van der Waals surface area contributed by atoms with E-state index in [9.17, 15) is 9.59 Å². The third-order valence-electron chi connectivity index (χ3n) is 3.42. The number of carbonyl (C=O) groups excluding carboxylic acids is 2. The van der Waals surface area contributed by atoms with Crippen molar-refractivity contribution >= 4 is 34.7 Å². The quantitative estimate of drug-likeness (QED) is 0.488. The van der Waals surface area contributed by atoms with Gasteiger partial charge >= 0.3 is 0 Å². The van der Waals surface area contributed by atoms with Crippen molar-refractivity contribution in [3.63, 3.8) is 0 Å². The predicted octanol–water partition coefficient (Wildman–Crippen LogP) is 4.93. The highest BCUT2D eigenvalue weighted by Crippen LogP contribution is 2.33. The molecular formula is C19H14O2S2. The number of thioether (sulfide) groups is 1. The minimum atomic E-state index is -0.0435. The van der Waals surface area contributed by atoms with Crippen LogP contribution in [-0.2, 0) is 0 Å². The zero-order valence-corrected chi connectivity index (χ0v) is 14.1. The second-order valence-electron chi connectivity index (χ2n) is 4.91. The smallest absolute Gasteiger partial charge is 0.203 e. The van der Waals surface area contributed by atoms with Crippen LogP contribution >= 0.6 is 23.1 Å². The van der Waals surface area contributed by atoms with Gasteiger partial charge in [-0.05, 0) is 12.3 Å². The molecule has 0 bridgehead atoms. The summed E-state index contributed by atoms with van der Waals surface area (Å²) in [5.74, 6) is -0.0867. The van der Waals surface area contributed by atoms with Gasteiger partial charge < -0.3 is 0 Å². The molecule has 0 atom stereocenters. The van der Waals surface area contributed by atoms with E-state index in [-0.39, 0.29) is 11.6 Å². The number of rotatable bonds is 5. The van der Waals surface area contributed by atoms with Crippen LogP contribution in [-0.4, -0.2) is 17.8 Å². The Balaban J connectivity index is 1.99. The van der Waals surface area contributed by atoms with Gasteiger partial charge in [-0.15, -0.1) is 23.1 Å². The normalized spacial score (nSPS) is 10.5. The Morgan fingerprint density at radius 3 is 1.87 bits per heavy atom. The summed E-state index contributed by atoms with van der Waals surface area (Å²) in [6.45, 7) is 0. The topological polar surface area (TPSA) is 34.1 Å². The first-order valence-electron chi connectivity index (χ1n) is 7.08. The largest absolute Gasteiger partial charge is 0.289 e. The van der Waals surface area contributed by atoms with Gasteiger partial charge in [-0.2, -0.15) is 0 Å². The van der Waals surface area contributed by atoms with Crippen molar-refractivity contribution in [1.29, 1.82) is 0 Å². The summed E-state index contributed by atoms with van der Waals surface area (Å²) in [6, 6.07) is 20.0. The highest BCUT2D eigenvalue weighted by molar-refractivity contribution is 8.00. The number of hydrogen-bond acceptors (Lipinski definition) is 4. The summed E-state index contributed by atoms with van der Waals surface area (Å²) >= 11 is 2.88. The number of ketones is 2. The van der Waals surface area contributed by atoms with Gasteiger partial charge in [-0.1, -0.05) is 60.7 Å². The van der Waals surface area contributed by atoms with Crippen LogP contribution in [0.25, 0.3) is 0 Å². The Labute approximate surface area is 143 Å². The molecule has 0 spiro atoms. The average Bonchev–Trinajstić information content (AvgIpc) is 3.06. The van der Waals surface area contributed by atoms with Crippen LogP contribution < -0.4 is 0 Å². The number of benzene rings is 2. The Bertz CT molecular complexity index is 836. The van der Waals surface area contributed by atoms with Crippen molar-refractivity contribution in [2.24, 2.45) is 0 Å². The third kappa shape index (κ3) is 3.28. The van der Waals surface area contributed by atoms with Gasteiger partial charge in [-0.25, -0.2) is 0 Å². The molecule has 0 amide bonds. The van der Waals surface area contributed by atoms with E-state index in [2.05, 4.69) is 0 Å². The number of carbonyl (C=O) groups is 2. The standard InChI is InChI=1S/C19H14O2S2/c1-22-19-15(17(20)13-8-4-2-5-9-13)12-16(23-19)18(21)14-10-6-3-7-11-14/h2-12H,1H3. The number of thiophene rings is 1. The van der Waals surface area contributed by atoms with Crippen molar-refractivity contribution in [1.82, 2.24) is 0 Å². The molecule has 3 aromatic rings. The first-order chi connectivity index (χ1) is 11.2. The molecule has 3 rings (SSSR count). The van der Waals surface area contributed by atoms with Crippen molar-refractivity contribution in [3.05, 3.63) is 88.3 Å². The van der Waals surface area contributed by atoms with Crippen molar-refractivity contribution in [2.75, 3.05) is 6.26 Å². The lowest BCUT2D eigenvalue weighted by Crippen LogP contribution is -2.01. The molecule has 1 aromatic heterocycles. The third-order valence-corrected chi connectivity index (χ3v) is 5.69. The maximum absolute atomic E-state index is 12.7. The average molecular weight is 338 g/mol. The molecule has 0 N–H and O–H groups in total.